The molecule has 1 saturated carbocycles. The smallest absolute Gasteiger partial charge is 0.222 e. The number of fused-ring (bicyclic) bond motifs is 1. The molecule has 2 aliphatic heterocycles. The van der Waals surface area contributed by atoms with Crippen molar-refractivity contribution in [2.45, 2.75) is 83.7 Å². The van der Waals surface area contributed by atoms with E-state index in [1.807, 2.05) is 16.0 Å². The molecule has 0 N–H and O–H groups in total. The minimum atomic E-state index is 0.00243. The second-order valence-electron chi connectivity index (χ2n) is 8.68. The summed E-state index contributed by atoms with van der Waals surface area (Å²) in [5.41, 5.74) is 2.12. The Morgan fingerprint density at radius 3 is 2.68 bits per heavy atom. The molecular weight excluding hydrogens is 352 g/mol. The largest absolute Gasteiger partial charge is 0.338 e. The predicted molar refractivity (Wildman–Crippen MR) is 106 cm³/mol. The van der Waals surface area contributed by atoms with Gasteiger partial charge in [0.1, 0.15) is 0 Å². The first-order chi connectivity index (χ1) is 13.6. The number of amides is 2. The van der Waals surface area contributed by atoms with Gasteiger partial charge in [0.2, 0.25) is 11.8 Å². The van der Waals surface area contributed by atoms with Gasteiger partial charge in [-0.2, -0.15) is 0 Å². The van der Waals surface area contributed by atoms with Gasteiger partial charge in [0.05, 0.1) is 11.7 Å². The predicted octanol–water partition coefficient (Wildman–Crippen LogP) is 3.41. The molecule has 0 bridgehead atoms. The molecule has 1 saturated heterocycles. The van der Waals surface area contributed by atoms with Crippen molar-refractivity contribution in [1.82, 2.24) is 19.8 Å². The van der Waals surface area contributed by atoms with Crippen LogP contribution < -0.4 is 0 Å². The van der Waals surface area contributed by atoms with E-state index in [-0.39, 0.29) is 17.9 Å². The van der Waals surface area contributed by atoms with Gasteiger partial charge in [-0.05, 0) is 31.6 Å². The highest BCUT2D eigenvalue weighted by atomic mass is 16.2. The average Bonchev–Trinajstić information content (AvgIpc) is 3.25. The number of piperidine rings is 1. The van der Waals surface area contributed by atoms with Crippen LogP contribution in [0.5, 0.6) is 0 Å². The first kappa shape index (κ1) is 19.3. The molecule has 6 nitrogen and oxygen atoms in total. The lowest BCUT2D eigenvalue weighted by Crippen LogP contribution is -2.39. The normalized spacial score (nSPS) is 23.0. The highest BCUT2D eigenvalue weighted by Gasteiger charge is 2.30. The molecule has 3 aliphatic rings. The molecule has 0 spiro atoms. The molecule has 152 valence electrons. The Bertz CT molecular complexity index is 729. The number of carbonyl (C=O) groups excluding carboxylic acids is 2. The summed E-state index contributed by atoms with van der Waals surface area (Å²) in [6.07, 6.45) is 12.7. The Hall–Kier alpha value is -1.98. The fourth-order valence-electron chi connectivity index (χ4n) is 5.07. The second-order valence-corrected chi connectivity index (χ2v) is 8.68. The summed E-state index contributed by atoms with van der Waals surface area (Å²) in [5, 5.41) is 0. The summed E-state index contributed by atoms with van der Waals surface area (Å²) < 4.78 is 0. The molecule has 2 amide bonds. The average molecular weight is 385 g/mol. The van der Waals surface area contributed by atoms with E-state index in [9.17, 15) is 9.59 Å². The third kappa shape index (κ3) is 4.20. The number of aromatic nitrogens is 2. The van der Waals surface area contributed by atoms with Crippen molar-refractivity contribution >= 4 is 11.8 Å². The topological polar surface area (TPSA) is 66.4 Å². The van der Waals surface area contributed by atoms with Crippen molar-refractivity contribution in [3.8, 4) is 0 Å². The highest BCUT2D eigenvalue weighted by molar-refractivity contribution is 5.76. The van der Waals surface area contributed by atoms with Crippen LogP contribution >= 0.6 is 0 Å². The number of hydrogen-bond donors (Lipinski definition) is 0. The van der Waals surface area contributed by atoms with E-state index >= 15 is 0 Å². The maximum absolute atomic E-state index is 12.6. The minimum absolute atomic E-state index is 0.00243. The zero-order chi connectivity index (χ0) is 19.5. The first-order valence-electron chi connectivity index (χ1n) is 11.0. The minimum Gasteiger partial charge on any atom is -0.338 e. The number of carbonyl (C=O) groups is 2. The zero-order valence-electron chi connectivity index (χ0n) is 17.0. The van der Waals surface area contributed by atoms with Gasteiger partial charge in [0.25, 0.3) is 0 Å². The Labute approximate surface area is 167 Å². The van der Waals surface area contributed by atoms with Gasteiger partial charge >= 0.3 is 0 Å². The van der Waals surface area contributed by atoms with E-state index in [1.54, 1.807) is 6.92 Å². The standard InChI is InChI=1S/C22H32N4O2/c1-16(27)26-12-5-4-8-20(26)22-23-14-18-15-25(13-11-19(18)24-22)21(28)10-9-17-6-2-3-7-17/h14,17,20H,2-13,15H2,1H3/t20-/m0/s1. The van der Waals surface area contributed by atoms with E-state index in [0.29, 0.717) is 13.0 Å². The van der Waals surface area contributed by atoms with E-state index in [2.05, 4.69) is 4.98 Å². The summed E-state index contributed by atoms with van der Waals surface area (Å²) in [6.45, 7) is 3.80. The third-order valence-electron chi connectivity index (χ3n) is 6.75. The first-order valence-corrected chi connectivity index (χ1v) is 11.0. The van der Waals surface area contributed by atoms with Crippen LogP contribution in [0.1, 0.15) is 87.8 Å². The molecule has 0 aromatic carbocycles. The van der Waals surface area contributed by atoms with Crippen LogP contribution in [0, 0.1) is 5.92 Å². The van der Waals surface area contributed by atoms with E-state index in [0.717, 1.165) is 68.2 Å². The molecule has 1 atom stereocenters. The van der Waals surface area contributed by atoms with Gasteiger partial charge in [-0.15, -0.1) is 0 Å². The summed E-state index contributed by atoms with van der Waals surface area (Å²) in [7, 11) is 0. The molecule has 0 unspecified atom stereocenters. The van der Waals surface area contributed by atoms with Crippen LogP contribution in [0.3, 0.4) is 0 Å². The van der Waals surface area contributed by atoms with Gasteiger partial charge in [-0.3, -0.25) is 9.59 Å². The third-order valence-corrected chi connectivity index (χ3v) is 6.75. The summed E-state index contributed by atoms with van der Waals surface area (Å²) in [5.74, 6) is 1.91. The van der Waals surface area contributed by atoms with Crippen LogP contribution in [0.2, 0.25) is 0 Å². The van der Waals surface area contributed by atoms with Gasteiger partial charge < -0.3 is 9.80 Å². The van der Waals surface area contributed by atoms with Gasteiger partial charge in [0, 0.05) is 51.2 Å². The van der Waals surface area contributed by atoms with Crippen molar-refractivity contribution in [3.63, 3.8) is 0 Å². The second kappa shape index (κ2) is 8.58. The monoisotopic (exact) mass is 384 g/mol. The Balaban J connectivity index is 1.39. The molecular formula is C22H32N4O2. The molecule has 1 aromatic heterocycles. The Kier molecular flexibility index (Phi) is 5.93. The quantitative estimate of drug-likeness (QED) is 0.798. The number of likely N-dealkylation sites (tertiary alicyclic amines) is 1. The summed E-state index contributed by atoms with van der Waals surface area (Å²) in [6, 6.07) is 0.00243. The molecule has 1 aliphatic carbocycles. The number of hydrogen-bond acceptors (Lipinski definition) is 4. The maximum Gasteiger partial charge on any atom is 0.222 e. The lowest BCUT2D eigenvalue weighted by molar-refractivity contribution is -0.133. The van der Waals surface area contributed by atoms with Crippen LogP contribution in [-0.2, 0) is 22.6 Å². The van der Waals surface area contributed by atoms with E-state index in [1.165, 1.54) is 25.7 Å². The summed E-state index contributed by atoms with van der Waals surface area (Å²) >= 11 is 0. The summed E-state index contributed by atoms with van der Waals surface area (Å²) in [4.78, 5) is 37.9. The van der Waals surface area contributed by atoms with Crippen molar-refractivity contribution in [2.75, 3.05) is 13.1 Å². The van der Waals surface area contributed by atoms with Crippen LogP contribution in [0.15, 0.2) is 6.20 Å². The lowest BCUT2D eigenvalue weighted by atomic mass is 9.99. The van der Waals surface area contributed by atoms with Crippen LogP contribution in [0.4, 0.5) is 0 Å². The number of nitrogens with zero attached hydrogens (tertiary/aromatic N) is 4. The van der Waals surface area contributed by atoms with E-state index in [4.69, 9.17) is 4.98 Å². The van der Waals surface area contributed by atoms with Gasteiger partial charge in [-0.1, -0.05) is 25.7 Å². The van der Waals surface area contributed by atoms with Gasteiger partial charge in [0.15, 0.2) is 5.82 Å². The Morgan fingerprint density at radius 1 is 1.11 bits per heavy atom. The molecule has 1 aromatic rings. The molecule has 3 heterocycles. The fraction of sp³-hybridized carbons (Fsp3) is 0.727. The molecule has 6 heteroatoms. The lowest BCUT2D eigenvalue weighted by Gasteiger charge is -2.35. The SMILES string of the molecule is CC(=O)N1CCCC[C@H]1c1ncc2c(n1)CCN(C(=O)CCC1CCCC1)C2. The highest BCUT2D eigenvalue weighted by Crippen LogP contribution is 2.31. The molecule has 4 rings (SSSR count). The van der Waals surface area contributed by atoms with E-state index < -0.39 is 0 Å². The van der Waals surface area contributed by atoms with Crippen molar-refractivity contribution < 1.29 is 9.59 Å². The molecule has 2 fully saturated rings. The van der Waals surface area contributed by atoms with Gasteiger partial charge in [-0.25, -0.2) is 9.97 Å². The number of rotatable bonds is 4. The van der Waals surface area contributed by atoms with Crippen molar-refractivity contribution in [3.05, 3.63) is 23.3 Å². The molecule has 28 heavy (non-hydrogen) atoms. The van der Waals surface area contributed by atoms with Crippen LogP contribution in [0.25, 0.3) is 0 Å². The van der Waals surface area contributed by atoms with Crippen molar-refractivity contribution in [2.24, 2.45) is 5.92 Å². The fourth-order valence-corrected chi connectivity index (χ4v) is 5.07. The Morgan fingerprint density at radius 2 is 1.89 bits per heavy atom. The van der Waals surface area contributed by atoms with Crippen molar-refractivity contribution in [1.29, 1.82) is 0 Å². The zero-order valence-corrected chi connectivity index (χ0v) is 17.0. The molecule has 0 radical (unpaired) electrons. The van der Waals surface area contributed by atoms with Crippen LogP contribution in [-0.4, -0.2) is 44.7 Å². The maximum atomic E-state index is 12.6.